The molecule has 0 unspecified atom stereocenters. The van der Waals surface area contributed by atoms with Gasteiger partial charge in [0.15, 0.2) is 0 Å². The molecule has 5 nitrogen and oxygen atoms in total. The number of ether oxygens (including phenoxy) is 1. The second-order valence-electron chi connectivity index (χ2n) is 7.14. The molecule has 2 aromatic carbocycles. The zero-order chi connectivity index (χ0) is 20.0. The molecule has 3 N–H and O–H groups in total. The number of benzene rings is 2. The number of nitrogens with one attached hydrogen (secondary N) is 2. The summed E-state index contributed by atoms with van der Waals surface area (Å²) in [4.78, 5) is 11.9. The number of aromatic hydroxyl groups is 1. The molecule has 2 amide bonds. The van der Waals surface area contributed by atoms with Crippen molar-refractivity contribution in [1.82, 2.24) is 5.32 Å². The van der Waals surface area contributed by atoms with Gasteiger partial charge in [0.1, 0.15) is 11.5 Å². The quantitative estimate of drug-likeness (QED) is 0.387. The number of phenolic OH excluding ortho intramolecular Hbond substituents is 1. The Bertz CT molecular complexity index is 806. The van der Waals surface area contributed by atoms with Crippen LogP contribution in [0.1, 0.15) is 32.8 Å². The maximum absolute atomic E-state index is 11.9. The highest BCUT2D eigenvalue weighted by Gasteiger charge is 2.15. The molecule has 2 aromatic rings. The first kappa shape index (κ1) is 21.4. The van der Waals surface area contributed by atoms with E-state index in [0.29, 0.717) is 24.6 Å². The van der Waals surface area contributed by atoms with Crippen LogP contribution < -0.4 is 15.4 Å². The zero-order valence-electron chi connectivity index (χ0n) is 15.6. The first-order valence-electron chi connectivity index (χ1n) is 8.63. The van der Waals surface area contributed by atoms with Gasteiger partial charge in [-0.25, -0.2) is 4.79 Å². The first-order chi connectivity index (χ1) is 12.7. The zero-order valence-corrected chi connectivity index (χ0v) is 17.9. The lowest BCUT2D eigenvalue weighted by molar-refractivity contribution is 0.250. The minimum atomic E-state index is -0.414. The molecule has 0 saturated carbocycles. The minimum absolute atomic E-state index is 0.0403. The Morgan fingerprint density at radius 2 is 1.96 bits per heavy atom. The molecule has 27 heavy (non-hydrogen) atoms. The van der Waals surface area contributed by atoms with Crippen LogP contribution in [-0.2, 0) is 5.41 Å². The average Bonchev–Trinajstić information content (AvgIpc) is 2.58. The van der Waals surface area contributed by atoms with E-state index in [4.69, 9.17) is 16.3 Å². The van der Waals surface area contributed by atoms with Gasteiger partial charge in [-0.1, -0.05) is 38.4 Å². The van der Waals surface area contributed by atoms with E-state index in [9.17, 15) is 9.90 Å². The number of rotatable bonds is 6. The number of urea groups is 1. The number of amides is 2. The van der Waals surface area contributed by atoms with E-state index in [2.05, 4.69) is 59.5 Å². The molecule has 0 aliphatic rings. The van der Waals surface area contributed by atoms with E-state index in [1.165, 1.54) is 17.7 Å². The van der Waals surface area contributed by atoms with Crippen molar-refractivity contribution in [3.05, 3.63) is 51.5 Å². The lowest BCUT2D eigenvalue weighted by Crippen LogP contribution is -2.30. The maximum atomic E-state index is 11.9. The third-order valence-corrected chi connectivity index (χ3v) is 4.72. The summed E-state index contributed by atoms with van der Waals surface area (Å²) in [6, 6.07) is 10.1. The average molecular weight is 456 g/mol. The van der Waals surface area contributed by atoms with E-state index in [0.717, 1.165) is 10.2 Å². The van der Waals surface area contributed by atoms with Crippen LogP contribution in [-0.4, -0.2) is 24.3 Å². The van der Waals surface area contributed by atoms with Crippen molar-refractivity contribution in [2.24, 2.45) is 0 Å². The van der Waals surface area contributed by atoms with Crippen molar-refractivity contribution < 1.29 is 14.6 Å². The summed E-state index contributed by atoms with van der Waals surface area (Å²) in [5.41, 5.74) is 1.57. The number of phenols is 1. The molecule has 0 heterocycles. The monoisotopic (exact) mass is 454 g/mol. The summed E-state index contributed by atoms with van der Waals surface area (Å²) in [5, 5.41) is 15.4. The highest BCUT2D eigenvalue weighted by atomic mass is 79.9. The third kappa shape index (κ3) is 6.63. The Labute approximate surface area is 173 Å². The van der Waals surface area contributed by atoms with Crippen molar-refractivity contribution in [2.75, 3.05) is 18.5 Å². The van der Waals surface area contributed by atoms with Gasteiger partial charge in [-0.15, -0.1) is 0 Å². The topological polar surface area (TPSA) is 70.6 Å². The molecular formula is C20H24BrClN2O3. The number of hydrogen-bond donors (Lipinski definition) is 3. The molecular weight excluding hydrogens is 432 g/mol. The Morgan fingerprint density at radius 1 is 1.22 bits per heavy atom. The maximum Gasteiger partial charge on any atom is 0.319 e. The van der Waals surface area contributed by atoms with E-state index in [1.807, 2.05) is 6.07 Å². The fourth-order valence-corrected chi connectivity index (χ4v) is 2.98. The van der Waals surface area contributed by atoms with Crippen LogP contribution in [0.4, 0.5) is 10.5 Å². The Balaban J connectivity index is 1.74. The fourth-order valence-electron chi connectivity index (χ4n) is 2.32. The number of hydrogen-bond acceptors (Lipinski definition) is 3. The Morgan fingerprint density at radius 3 is 2.63 bits per heavy atom. The van der Waals surface area contributed by atoms with Crippen LogP contribution in [0.2, 0.25) is 5.02 Å². The van der Waals surface area contributed by atoms with E-state index in [-0.39, 0.29) is 16.9 Å². The number of anilines is 1. The number of carbonyl (C=O) groups is 1. The molecule has 0 spiro atoms. The van der Waals surface area contributed by atoms with Gasteiger partial charge >= 0.3 is 6.03 Å². The van der Waals surface area contributed by atoms with Crippen LogP contribution in [0.3, 0.4) is 0 Å². The smallest absolute Gasteiger partial charge is 0.319 e. The largest absolute Gasteiger partial charge is 0.506 e. The molecule has 0 atom stereocenters. The Hall–Kier alpha value is -1.92. The highest BCUT2D eigenvalue weighted by molar-refractivity contribution is 9.10. The molecule has 0 aromatic heterocycles. The molecule has 0 aliphatic heterocycles. The van der Waals surface area contributed by atoms with Gasteiger partial charge in [0.05, 0.1) is 16.8 Å². The molecule has 2 rings (SSSR count). The van der Waals surface area contributed by atoms with Gasteiger partial charge in [-0.3, -0.25) is 0 Å². The van der Waals surface area contributed by atoms with Gasteiger partial charge in [0.2, 0.25) is 0 Å². The van der Waals surface area contributed by atoms with Crippen LogP contribution >= 0.6 is 27.5 Å². The van der Waals surface area contributed by atoms with E-state index < -0.39 is 6.03 Å². The lowest BCUT2D eigenvalue weighted by Gasteiger charge is -2.20. The van der Waals surface area contributed by atoms with Crippen molar-refractivity contribution >= 4 is 39.2 Å². The number of halogens is 2. The molecule has 0 aliphatic carbocycles. The minimum Gasteiger partial charge on any atom is -0.506 e. The summed E-state index contributed by atoms with van der Waals surface area (Å²) in [7, 11) is 0. The predicted octanol–water partition coefficient (Wildman–Crippen LogP) is 5.70. The van der Waals surface area contributed by atoms with Gasteiger partial charge in [0.25, 0.3) is 0 Å². The van der Waals surface area contributed by atoms with Gasteiger partial charge in [-0.2, -0.15) is 0 Å². The third-order valence-electron chi connectivity index (χ3n) is 3.87. The summed E-state index contributed by atoms with van der Waals surface area (Å²) in [6.07, 6.45) is 0.641. The van der Waals surface area contributed by atoms with Gasteiger partial charge in [-0.05, 0) is 63.7 Å². The summed E-state index contributed by atoms with van der Waals surface area (Å²) >= 11 is 9.39. The molecule has 146 valence electrons. The van der Waals surface area contributed by atoms with Crippen molar-refractivity contribution in [3.8, 4) is 11.5 Å². The highest BCUT2D eigenvalue weighted by Crippen LogP contribution is 2.31. The second kappa shape index (κ2) is 9.33. The first-order valence-corrected chi connectivity index (χ1v) is 9.80. The fraction of sp³-hybridized carbons (Fsp3) is 0.350. The lowest BCUT2D eigenvalue weighted by atomic mass is 9.87. The summed E-state index contributed by atoms with van der Waals surface area (Å²) in [6.45, 7) is 7.39. The Kier molecular flexibility index (Phi) is 7.39. The van der Waals surface area contributed by atoms with Crippen LogP contribution in [0.15, 0.2) is 40.9 Å². The predicted molar refractivity (Wildman–Crippen MR) is 113 cm³/mol. The molecule has 0 bridgehead atoms. The van der Waals surface area contributed by atoms with Crippen molar-refractivity contribution in [1.29, 1.82) is 0 Å². The molecule has 0 radical (unpaired) electrons. The van der Waals surface area contributed by atoms with Crippen LogP contribution in [0.25, 0.3) is 0 Å². The standard InChI is InChI=1S/C20H24BrClN2O3/c1-20(2,3)13-5-8-18(15(21)11-13)27-10-4-9-23-19(26)24-16-12-14(22)6-7-17(16)25/h5-8,11-12,25H,4,9-10H2,1-3H3,(H2,23,24,26). The normalized spacial score (nSPS) is 11.1. The molecule has 7 heteroatoms. The summed E-state index contributed by atoms with van der Waals surface area (Å²) in [5.74, 6) is 0.734. The second-order valence-corrected chi connectivity index (χ2v) is 8.43. The SMILES string of the molecule is CC(C)(C)c1ccc(OCCCNC(=O)Nc2cc(Cl)ccc2O)c(Br)c1. The molecule has 0 fully saturated rings. The van der Waals surface area contributed by atoms with Crippen molar-refractivity contribution in [2.45, 2.75) is 32.6 Å². The van der Waals surface area contributed by atoms with Crippen molar-refractivity contribution in [3.63, 3.8) is 0 Å². The van der Waals surface area contributed by atoms with Gasteiger partial charge in [0, 0.05) is 11.6 Å². The van der Waals surface area contributed by atoms with E-state index in [1.54, 1.807) is 6.07 Å². The van der Waals surface area contributed by atoms with E-state index >= 15 is 0 Å². The van der Waals surface area contributed by atoms with Crippen LogP contribution in [0, 0.1) is 0 Å². The number of carbonyl (C=O) groups excluding carboxylic acids is 1. The summed E-state index contributed by atoms with van der Waals surface area (Å²) < 4.78 is 6.68. The molecule has 0 saturated heterocycles. The van der Waals surface area contributed by atoms with Crippen LogP contribution in [0.5, 0.6) is 11.5 Å². The van der Waals surface area contributed by atoms with Gasteiger partial charge < -0.3 is 20.5 Å².